The van der Waals surface area contributed by atoms with Gasteiger partial charge in [0.15, 0.2) is 5.96 Å². The number of halogens is 2. The van der Waals surface area contributed by atoms with Crippen LogP contribution >= 0.6 is 35.3 Å². The van der Waals surface area contributed by atoms with Gasteiger partial charge in [0.2, 0.25) is 5.91 Å². The first-order valence-electron chi connectivity index (χ1n) is 7.87. The zero-order valence-corrected chi connectivity index (χ0v) is 17.8. The van der Waals surface area contributed by atoms with E-state index >= 15 is 0 Å². The number of rotatable bonds is 7. The van der Waals surface area contributed by atoms with Gasteiger partial charge in [-0.3, -0.25) is 9.79 Å². The summed E-state index contributed by atoms with van der Waals surface area (Å²) in [7, 11) is 1.65. The molecule has 1 atom stereocenters. The lowest BCUT2D eigenvalue weighted by Gasteiger charge is -2.17. The molecule has 0 fully saturated rings. The molecule has 1 amide bonds. The maximum absolute atomic E-state index is 13.0. The molecule has 4 N–H and O–H groups in total. The standard InChI is InChI=1S/C17H22FN5OS.HI/c1-11-8-21-15(25-11)10-23-17(20-2)22-9-13(16(19)24)7-12-3-5-14(18)6-4-12;/h3-6,8,13H,7,9-10H2,1-2H3,(H2,19,24)(H2,20,22,23);1H. The van der Waals surface area contributed by atoms with Gasteiger partial charge in [0.05, 0.1) is 12.5 Å². The van der Waals surface area contributed by atoms with Crippen LogP contribution in [0.15, 0.2) is 35.5 Å². The van der Waals surface area contributed by atoms with Gasteiger partial charge in [-0.05, 0) is 31.0 Å². The van der Waals surface area contributed by atoms with Crippen LogP contribution in [-0.2, 0) is 17.8 Å². The molecule has 0 bridgehead atoms. The van der Waals surface area contributed by atoms with Crippen LogP contribution in [0.2, 0.25) is 0 Å². The summed E-state index contributed by atoms with van der Waals surface area (Å²) in [5.41, 5.74) is 6.34. The van der Waals surface area contributed by atoms with E-state index < -0.39 is 11.8 Å². The van der Waals surface area contributed by atoms with Crippen LogP contribution in [0.5, 0.6) is 0 Å². The van der Waals surface area contributed by atoms with E-state index in [1.54, 1.807) is 30.5 Å². The van der Waals surface area contributed by atoms with Crippen LogP contribution < -0.4 is 16.4 Å². The topological polar surface area (TPSA) is 92.4 Å². The number of hydrogen-bond donors (Lipinski definition) is 3. The third-order valence-corrected chi connectivity index (χ3v) is 4.53. The molecule has 2 rings (SSSR count). The Kier molecular flexibility index (Phi) is 9.49. The summed E-state index contributed by atoms with van der Waals surface area (Å²) in [6.07, 6.45) is 2.26. The largest absolute Gasteiger partial charge is 0.369 e. The Bertz CT molecular complexity index is 735. The molecule has 6 nitrogen and oxygen atoms in total. The van der Waals surface area contributed by atoms with Crippen LogP contribution in [0.4, 0.5) is 4.39 Å². The molecular weight excluding hydrogens is 468 g/mol. The Hall–Kier alpha value is -1.75. The number of hydrogen-bond acceptors (Lipinski definition) is 4. The Morgan fingerprint density at radius 3 is 2.58 bits per heavy atom. The second-order valence-corrected chi connectivity index (χ2v) is 6.92. The first kappa shape index (κ1) is 22.3. The van der Waals surface area contributed by atoms with Crippen LogP contribution in [0, 0.1) is 18.7 Å². The zero-order valence-electron chi connectivity index (χ0n) is 14.7. The number of aryl methyl sites for hydroxylation is 1. The molecule has 142 valence electrons. The molecule has 0 aliphatic rings. The highest BCUT2D eigenvalue weighted by molar-refractivity contribution is 14.0. The van der Waals surface area contributed by atoms with Crippen molar-refractivity contribution in [1.82, 2.24) is 15.6 Å². The predicted octanol–water partition coefficient (Wildman–Crippen LogP) is 2.22. The summed E-state index contributed by atoms with van der Waals surface area (Å²) in [6.45, 7) is 2.89. The van der Waals surface area contributed by atoms with Crippen molar-refractivity contribution in [3.05, 3.63) is 51.7 Å². The summed E-state index contributed by atoms with van der Waals surface area (Å²) < 4.78 is 13.0. The SMILES string of the molecule is CN=C(NCc1ncc(C)s1)NCC(Cc1ccc(F)cc1)C(N)=O.I. The number of carbonyl (C=O) groups excluding carboxylic acids is 1. The van der Waals surface area contributed by atoms with Gasteiger partial charge < -0.3 is 16.4 Å². The van der Waals surface area contributed by atoms with Crippen molar-refractivity contribution >= 4 is 47.2 Å². The fourth-order valence-corrected chi connectivity index (χ4v) is 2.99. The summed E-state index contributed by atoms with van der Waals surface area (Å²) in [4.78, 5) is 21.2. The second-order valence-electron chi connectivity index (χ2n) is 5.60. The number of nitrogens with zero attached hydrogens (tertiary/aromatic N) is 2. The van der Waals surface area contributed by atoms with Gasteiger partial charge in [0.25, 0.3) is 0 Å². The molecule has 0 aliphatic carbocycles. The number of guanidine groups is 1. The number of nitrogens with one attached hydrogen (secondary N) is 2. The first-order chi connectivity index (χ1) is 12.0. The van der Waals surface area contributed by atoms with Gasteiger partial charge in [-0.25, -0.2) is 9.37 Å². The van der Waals surface area contributed by atoms with Crippen molar-refractivity contribution in [2.45, 2.75) is 19.9 Å². The Morgan fingerprint density at radius 2 is 2.04 bits per heavy atom. The minimum atomic E-state index is -0.425. The average Bonchev–Trinajstić information content (AvgIpc) is 3.00. The molecule has 1 aromatic heterocycles. The summed E-state index contributed by atoms with van der Waals surface area (Å²) in [5.74, 6) is -0.577. The number of aliphatic imine (C=N–C) groups is 1. The van der Waals surface area contributed by atoms with Gasteiger partial charge in [0, 0.05) is 24.7 Å². The lowest BCUT2D eigenvalue weighted by atomic mass is 9.98. The third kappa shape index (κ3) is 7.24. The monoisotopic (exact) mass is 491 g/mol. The van der Waals surface area contributed by atoms with E-state index in [0.29, 0.717) is 25.5 Å². The number of thiazole rings is 1. The van der Waals surface area contributed by atoms with E-state index in [4.69, 9.17) is 5.73 Å². The average molecular weight is 491 g/mol. The van der Waals surface area contributed by atoms with Gasteiger partial charge >= 0.3 is 0 Å². The highest BCUT2D eigenvalue weighted by Gasteiger charge is 2.17. The second kappa shape index (κ2) is 11.1. The Labute approximate surface area is 173 Å². The van der Waals surface area contributed by atoms with Crippen molar-refractivity contribution < 1.29 is 9.18 Å². The van der Waals surface area contributed by atoms with Crippen molar-refractivity contribution in [2.24, 2.45) is 16.6 Å². The molecule has 9 heteroatoms. The highest BCUT2D eigenvalue weighted by atomic mass is 127. The Balaban J connectivity index is 0.00000338. The van der Waals surface area contributed by atoms with E-state index in [2.05, 4.69) is 20.6 Å². The van der Waals surface area contributed by atoms with Gasteiger partial charge in [-0.2, -0.15) is 0 Å². The molecule has 0 radical (unpaired) electrons. The molecule has 0 saturated heterocycles. The molecule has 26 heavy (non-hydrogen) atoms. The number of carbonyl (C=O) groups is 1. The van der Waals surface area contributed by atoms with Gasteiger partial charge in [-0.15, -0.1) is 35.3 Å². The van der Waals surface area contributed by atoms with Crippen LogP contribution in [0.25, 0.3) is 0 Å². The first-order valence-corrected chi connectivity index (χ1v) is 8.69. The third-order valence-electron chi connectivity index (χ3n) is 3.61. The smallest absolute Gasteiger partial charge is 0.222 e. The summed E-state index contributed by atoms with van der Waals surface area (Å²) in [5, 5.41) is 7.21. The normalized spacial score (nSPS) is 12.2. The zero-order chi connectivity index (χ0) is 18.2. The predicted molar refractivity (Wildman–Crippen MR) is 113 cm³/mol. The van der Waals surface area contributed by atoms with Crippen molar-refractivity contribution in [2.75, 3.05) is 13.6 Å². The number of nitrogens with two attached hydrogens (primary N) is 1. The molecule has 0 aliphatic heterocycles. The number of benzene rings is 1. The lowest BCUT2D eigenvalue weighted by Crippen LogP contribution is -2.42. The van der Waals surface area contributed by atoms with Crippen molar-refractivity contribution in [3.63, 3.8) is 0 Å². The molecular formula is C17H23FIN5OS. The quantitative estimate of drug-likeness (QED) is 0.315. The van der Waals surface area contributed by atoms with Crippen LogP contribution in [0.1, 0.15) is 15.4 Å². The number of aromatic nitrogens is 1. The molecule has 0 spiro atoms. The number of primary amides is 1. The fourth-order valence-electron chi connectivity index (χ4n) is 2.26. The molecule has 1 aromatic carbocycles. The van der Waals surface area contributed by atoms with E-state index in [0.717, 1.165) is 15.4 Å². The van der Waals surface area contributed by atoms with Gasteiger partial charge in [-0.1, -0.05) is 12.1 Å². The maximum atomic E-state index is 13.0. The van der Waals surface area contributed by atoms with E-state index in [-0.39, 0.29) is 29.8 Å². The fraction of sp³-hybridized carbons (Fsp3) is 0.353. The van der Waals surface area contributed by atoms with E-state index in [1.165, 1.54) is 12.1 Å². The van der Waals surface area contributed by atoms with Crippen LogP contribution in [-0.4, -0.2) is 30.4 Å². The van der Waals surface area contributed by atoms with Gasteiger partial charge in [0.1, 0.15) is 10.8 Å². The highest BCUT2D eigenvalue weighted by Crippen LogP contribution is 2.11. The van der Waals surface area contributed by atoms with Crippen molar-refractivity contribution in [3.8, 4) is 0 Å². The minimum Gasteiger partial charge on any atom is -0.369 e. The molecule has 1 heterocycles. The van der Waals surface area contributed by atoms with Crippen molar-refractivity contribution in [1.29, 1.82) is 0 Å². The molecule has 0 saturated carbocycles. The maximum Gasteiger partial charge on any atom is 0.222 e. The van der Waals surface area contributed by atoms with E-state index in [9.17, 15) is 9.18 Å². The summed E-state index contributed by atoms with van der Waals surface area (Å²) in [6, 6.07) is 6.06. The minimum absolute atomic E-state index is 0. The summed E-state index contributed by atoms with van der Waals surface area (Å²) >= 11 is 1.61. The molecule has 2 aromatic rings. The lowest BCUT2D eigenvalue weighted by molar-refractivity contribution is -0.121. The molecule has 1 unspecified atom stereocenters. The van der Waals surface area contributed by atoms with Crippen LogP contribution in [0.3, 0.4) is 0 Å². The van der Waals surface area contributed by atoms with E-state index in [1.807, 2.05) is 13.1 Å². The number of amides is 1. The Morgan fingerprint density at radius 1 is 1.35 bits per heavy atom.